The van der Waals surface area contributed by atoms with Crippen LogP contribution in [0.2, 0.25) is 0 Å². The second-order valence-electron chi connectivity index (χ2n) is 8.16. The molecule has 0 aromatic heterocycles. The highest BCUT2D eigenvalue weighted by atomic mass is 79.9. The molecule has 0 saturated carbocycles. The number of ether oxygens (including phenoxy) is 1. The van der Waals surface area contributed by atoms with Crippen LogP contribution >= 0.6 is 27.7 Å². The summed E-state index contributed by atoms with van der Waals surface area (Å²) in [6, 6.07) is 28.5. The average Bonchev–Trinajstić information content (AvgIpc) is 3.22. The number of hydrogen-bond donors (Lipinski definition) is 1. The topological polar surface area (TPSA) is 50.7 Å². The zero-order valence-corrected chi connectivity index (χ0v) is 21.5. The van der Waals surface area contributed by atoms with Crippen molar-refractivity contribution in [2.75, 3.05) is 0 Å². The van der Waals surface area contributed by atoms with Gasteiger partial charge in [-0.05, 0) is 98.0 Å². The van der Waals surface area contributed by atoms with Crippen LogP contribution in [0.25, 0.3) is 16.8 Å². The van der Waals surface area contributed by atoms with Gasteiger partial charge in [0, 0.05) is 0 Å². The summed E-state index contributed by atoms with van der Waals surface area (Å²) < 4.78 is 6.88. The summed E-state index contributed by atoms with van der Waals surface area (Å²) in [5, 5.41) is 5.84. The fourth-order valence-corrected chi connectivity index (χ4v) is 5.12. The van der Waals surface area contributed by atoms with Gasteiger partial charge in [0.25, 0.3) is 5.91 Å². The Kier molecular flexibility index (Phi) is 7.02. The molecule has 0 unspecified atom stereocenters. The van der Waals surface area contributed by atoms with E-state index in [4.69, 9.17) is 4.74 Å². The van der Waals surface area contributed by atoms with E-state index in [0.29, 0.717) is 16.7 Å². The molecule has 1 amide bonds. The molecule has 0 atom stereocenters. The van der Waals surface area contributed by atoms with Crippen LogP contribution in [-0.4, -0.2) is 11.1 Å². The molecule has 4 aromatic carbocycles. The first-order chi connectivity index (χ1) is 17.1. The van der Waals surface area contributed by atoms with Crippen LogP contribution < -0.4 is 10.1 Å². The largest absolute Gasteiger partial charge is 0.488 e. The van der Waals surface area contributed by atoms with Crippen LogP contribution in [0.5, 0.6) is 5.75 Å². The van der Waals surface area contributed by atoms with Crippen molar-refractivity contribution in [3.05, 3.63) is 111 Å². The van der Waals surface area contributed by atoms with Crippen LogP contribution in [0.15, 0.2) is 99.3 Å². The third kappa shape index (κ3) is 5.66. The number of nitrogens with zero attached hydrogens (tertiary/aromatic N) is 1. The van der Waals surface area contributed by atoms with Crippen molar-refractivity contribution >= 4 is 61.3 Å². The Labute approximate surface area is 217 Å². The molecule has 1 saturated heterocycles. The lowest BCUT2D eigenvalue weighted by Gasteiger charge is -2.10. The van der Waals surface area contributed by atoms with Crippen LogP contribution in [0.3, 0.4) is 0 Å². The smallest absolute Gasteiger partial charge is 0.264 e. The van der Waals surface area contributed by atoms with Crippen molar-refractivity contribution in [1.29, 1.82) is 0 Å². The van der Waals surface area contributed by atoms with E-state index in [9.17, 15) is 4.79 Å². The second kappa shape index (κ2) is 10.5. The second-order valence-corrected chi connectivity index (χ2v) is 10.0. The summed E-state index contributed by atoms with van der Waals surface area (Å²) in [4.78, 5) is 17.6. The molecule has 1 aliphatic rings. The van der Waals surface area contributed by atoms with Crippen molar-refractivity contribution in [2.45, 2.75) is 20.0 Å². The van der Waals surface area contributed by atoms with Gasteiger partial charge in [0.05, 0.1) is 15.1 Å². The first-order valence-electron chi connectivity index (χ1n) is 11.4. The Morgan fingerprint density at radius 3 is 2.49 bits per heavy atom. The number of amidine groups is 1. The number of carbonyl (C=O) groups is 1. The number of aliphatic imine (C=N–C) groups is 1. The molecule has 0 aliphatic carbocycles. The van der Waals surface area contributed by atoms with Gasteiger partial charge in [-0.2, -0.15) is 0 Å². The first kappa shape index (κ1) is 23.4. The minimum absolute atomic E-state index is 0.147. The van der Waals surface area contributed by atoms with Crippen LogP contribution in [-0.2, 0) is 17.8 Å². The molecule has 0 spiro atoms. The van der Waals surface area contributed by atoms with Gasteiger partial charge < -0.3 is 10.1 Å². The molecular formula is C29H23BrN2O2S. The van der Waals surface area contributed by atoms with Gasteiger partial charge in [-0.25, -0.2) is 4.99 Å². The lowest BCUT2D eigenvalue weighted by molar-refractivity contribution is -0.115. The quantitative estimate of drug-likeness (QED) is 0.255. The average molecular weight is 543 g/mol. The molecule has 35 heavy (non-hydrogen) atoms. The van der Waals surface area contributed by atoms with E-state index < -0.39 is 0 Å². The maximum Gasteiger partial charge on any atom is 0.264 e. The van der Waals surface area contributed by atoms with Gasteiger partial charge in [0.1, 0.15) is 12.4 Å². The van der Waals surface area contributed by atoms with Gasteiger partial charge in [0.15, 0.2) is 5.17 Å². The summed E-state index contributed by atoms with van der Waals surface area (Å²) in [6.45, 7) is 2.59. The highest BCUT2D eigenvalue weighted by molar-refractivity contribution is 9.10. The van der Waals surface area contributed by atoms with E-state index in [-0.39, 0.29) is 5.91 Å². The van der Waals surface area contributed by atoms with E-state index in [0.717, 1.165) is 33.5 Å². The number of carbonyl (C=O) groups excluding carboxylic acids is 1. The Morgan fingerprint density at radius 1 is 0.943 bits per heavy atom. The highest BCUT2D eigenvalue weighted by Gasteiger charge is 2.23. The lowest BCUT2D eigenvalue weighted by atomic mass is 10.1. The molecule has 1 aliphatic heterocycles. The summed E-state index contributed by atoms with van der Waals surface area (Å²) in [7, 11) is 0. The predicted octanol–water partition coefficient (Wildman–Crippen LogP) is 7.64. The number of hydrogen-bond acceptors (Lipinski definition) is 4. The SMILES string of the molecule is CCc1ccc(N=C2NC(=O)/C(=C/c3ccc(OCc4ccc5ccccc5c4)c(Br)c3)S2)cc1. The van der Waals surface area contributed by atoms with Crippen LogP contribution in [0, 0.1) is 0 Å². The Bertz CT molecular complexity index is 1460. The maximum atomic E-state index is 12.5. The standard InChI is InChI=1S/C29H23BrN2O2S/c1-2-19-8-12-24(13-9-19)31-29-32-28(33)27(35-29)17-20-10-14-26(25(30)16-20)34-18-21-7-11-22-5-3-4-6-23(22)15-21/h3-17H,2,18H2,1H3,(H,31,32,33)/b27-17-. The van der Waals surface area contributed by atoms with Gasteiger partial charge >= 0.3 is 0 Å². The fourth-order valence-electron chi connectivity index (χ4n) is 3.77. The molecular weight excluding hydrogens is 520 g/mol. The number of benzene rings is 4. The molecule has 174 valence electrons. The van der Waals surface area contributed by atoms with Gasteiger partial charge in [-0.1, -0.05) is 61.5 Å². The predicted molar refractivity (Wildman–Crippen MR) is 149 cm³/mol. The third-order valence-electron chi connectivity index (χ3n) is 5.69. The van der Waals surface area contributed by atoms with E-state index >= 15 is 0 Å². The highest BCUT2D eigenvalue weighted by Crippen LogP contribution is 2.32. The van der Waals surface area contributed by atoms with Gasteiger partial charge in [-0.3, -0.25) is 4.79 Å². The van der Waals surface area contributed by atoms with E-state index in [1.165, 1.54) is 28.1 Å². The molecule has 1 fully saturated rings. The zero-order chi connectivity index (χ0) is 24.2. The molecule has 1 N–H and O–H groups in total. The van der Waals surface area contributed by atoms with E-state index in [1.807, 2.05) is 48.5 Å². The molecule has 4 aromatic rings. The first-order valence-corrected chi connectivity index (χ1v) is 13.0. The molecule has 1 heterocycles. The third-order valence-corrected chi connectivity index (χ3v) is 7.22. The molecule has 6 heteroatoms. The van der Waals surface area contributed by atoms with Gasteiger partial charge in [0.2, 0.25) is 0 Å². The number of fused-ring (bicyclic) bond motifs is 1. The molecule has 5 rings (SSSR count). The zero-order valence-electron chi connectivity index (χ0n) is 19.1. The van der Waals surface area contributed by atoms with Crippen molar-refractivity contribution in [2.24, 2.45) is 4.99 Å². The summed E-state index contributed by atoms with van der Waals surface area (Å²) >= 11 is 4.95. The molecule has 0 bridgehead atoms. The Hall–Kier alpha value is -3.35. The monoisotopic (exact) mass is 542 g/mol. The number of nitrogens with one attached hydrogen (secondary N) is 1. The number of rotatable bonds is 6. The molecule has 4 nitrogen and oxygen atoms in total. The lowest BCUT2D eigenvalue weighted by Crippen LogP contribution is -2.19. The Morgan fingerprint density at radius 2 is 1.71 bits per heavy atom. The number of thioether (sulfide) groups is 1. The summed E-state index contributed by atoms with van der Waals surface area (Å²) in [6.07, 6.45) is 2.85. The van der Waals surface area contributed by atoms with Crippen molar-refractivity contribution in [3.63, 3.8) is 0 Å². The van der Waals surface area contributed by atoms with Crippen molar-refractivity contribution in [3.8, 4) is 5.75 Å². The Balaban J connectivity index is 1.26. The van der Waals surface area contributed by atoms with Crippen molar-refractivity contribution < 1.29 is 9.53 Å². The number of aryl methyl sites for hydroxylation is 1. The van der Waals surface area contributed by atoms with Crippen LogP contribution in [0.4, 0.5) is 5.69 Å². The maximum absolute atomic E-state index is 12.5. The van der Waals surface area contributed by atoms with E-state index in [1.54, 1.807) is 0 Å². The van der Waals surface area contributed by atoms with Crippen molar-refractivity contribution in [1.82, 2.24) is 5.32 Å². The van der Waals surface area contributed by atoms with E-state index in [2.05, 4.69) is 75.6 Å². The fraction of sp³-hybridized carbons (Fsp3) is 0.103. The normalized spacial score (nSPS) is 15.7. The minimum atomic E-state index is -0.147. The van der Waals surface area contributed by atoms with Gasteiger partial charge in [-0.15, -0.1) is 0 Å². The minimum Gasteiger partial charge on any atom is -0.488 e. The number of amides is 1. The summed E-state index contributed by atoms with van der Waals surface area (Å²) in [5.74, 6) is 0.605. The number of halogens is 1. The summed E-state index contributed by atoms with van der Waals surface area (Å²) in [5.41, 5.74) is 4.09. The van der Waals surface area contributed by atoms with Crippen LogP contribution in [0.1, 0.15) is 23.6 Å². The molecule has 0 radical (unpaired) electrons.